The highest BCUT2D eigenvalue weighted by molar-refractivity contribution is 6.32. The van der Waals surface area contributed by atoms with E-state index in [1.165, 1.54) is 0 Å². The van der Waals surface area contributed by atoms with Crippen LogP contribution in [0.4, 0.5) is 11.6 Å². The van der Waals surface area contributed by atoms with Crippen LogP contribution in [0.3, 0.4) is 0 Å². The molecule has 1 aliphatic heterocycles. The number of nitrogens with zero attached hydrogens (tertiary/aromatic N) is 9. The molecule has 0 spiro atoms. The molecule has 1 saturated heterocycles. The third-order valence-electron chi connectivity index (χ3n) is 8.50. The Morgan fingerprint density at radius 2 is 1.83 bits per heavy atom. The van der Waals surface area contributed by atoms with Crippen LogP contribution < -0.4 is 14.8 Å². The topological polar surface area (TPSA) is 139 Å². The first kappa shape index (κ1) is 33.1. The fourth-order valence-corrected chi connectivity index (χ4v) is 6.24. The van der Waals surface area contributed by atoms with E-state index >= 15 is 0 Å². The lowest BCUT2D eigenvalue weighted by Gasteiger charge is -2.38. The molecule has 1 aliphatic carbocycles. The van der Waals surface area contributed by atoms with E-state index in [0.717, 1.165) is 75.2 Å². The van der Waals surface area contributed by atoms with E-state index in [1.807, 2.05) is 32.2 Å². The molecule has 2 fully saturated rings. The van der Waals surface area contributed by atoms with Crippen molar-refractivity contribution in [1.29, 1.82) is 0 Å². The summed E-state index contributed by atoms with van der Waals surface area (Å²) in [6, 6.07) is 6.54. The van der Waals surface area contributed by atoms with Crippen molar-refractivity contribution >= 4 is 23.2 Å². The molecule has 0 bridgehead atoms. The van der Waals surface area contributed by atoms with Crippen LogP contribution >= 0.6 is 11.6 Å². The number of halogens is 1. The molecule has 0 amide bonds. The van der Waals surface area contributed by atoms with Gasteiger partial charge in [0.1, 0.15) is 23.9 Å². The smallest absolute Gasteiger partial charge is 0.256 e. The Kier molecular flexibility index (Phi) is 11.5. The number of aromatic nitrogens is 8. The highest BCUT2D eigenvalue weighted by Crippen LogP contribution is 2.35. The molecule has 0 radical (unpaired) electrons. The van der Waals surface area contributed by atoms with Gasteiger partial charge in [-0.15, -0.1) is 10.2 Å². The van der Waals surface area contributed by atoms with Gasteiger partial charge in [0.15, 0.2) is 0 Å². The van der Waals surface area contributed by atoms with Gasteiger partial charge in [-0.05, 0) is 67.7 Å². The second kappa shape index (κ2) is 16.3. The predicted octanol–water partition coefficient (Wildman–Crippen LogP) is 4.81. The minimum atomic E-state index is -0.203. The number of hydrogen-bond acceptors (Lipinski definition) is 12. The minimum Gasteiger partial charge on any atom is -0.487 e. The Morgan fingerprint density at radius 3 is 2.57 bits per heavy atom. The van der Waals surface area contributed by atoms with Crippen LogP contribution in [0.25, 0.3) is 11.1 Å². The van der Waals surface area contributed by atoms with Crippen LogP contribution in [-0.2, 0) is 16.0 Å². The molecule has 4 aromatic rings. The molecule has 47 heavy (non-hydrogen) atoms. The van der Waals surface area contributed by atoms with E-state index < -0.39 is 0 Å². The number of rotatable bonds is 15. The maximum absolute atomic E-state index is 6.45. The van der Waals surface area contributed by atoms with Gasteiger partial charge in [0.25, 0.3) is 5.88 Å². The number of morpholine rings is 1. The quantitative estimate of drug-likeness (QED) is 0.174. The molecular weight excluding hydrogens is 624 g/mol. The number of hydrogen-bond donors (Lipinski definition) is 1. The largest absolute Gasteiger partial charge is 0.487 e. The molecule has 3 aromatic heterocycles. The van der Waals surface area contributed by atoms with Crippen molar-refractivity contribution in [3.05, 3.63) is 48.1 Å². The first-order chi connectivity index (χ1) is 23.1. The van der Waals surface area contributed by atoms with E-state index in [9.17, 15) is 0 Å². The summed E-state index contributed by atoms with van der Waals surface area (Å²) >= 11 is 6.45. The summed E-state index contributed by atoms with van der Waals surface area (Å²) in [5, 5.41) is 20.0. The van der Waals surface area contributed by atoms with Gasteiger partial charge < -0.3 is 24.3 Å². The lowest BCUT2D eigenvalue weighted by atomic mass is 9.90. The Bertz CT molecular complexity index is 1520. The molecule has 14 nitrogen and oxygen atoms in total. The summed E-state index contributed by atoms with van der Waals surface area (Å²) in [6.45, 7) is 9.97. The lowest BCUT2D eigenvalue weighted by Crippen LogP contribution is -2.45. The number of ether oxygens (including phenoxy) is 4. The molecule has 4 heterocycles. The van der Waals surface area contributed by atoms with Crippen LogP contribution in [0.15, 0.2) is 43.1 Å². The Morgan fingerprint density at radius 1 is 1.04 bits per heavy atom. The number of anilines is 2. The first-order valence-electron chi connectivity index (χ1n) is 16.4. The average molecular weight is 667 g/mol. The van der Waals surface area contributed by atoms with Gasteiger partial charge in [-0.1, -0.05) is 17.7 Å². The van der Waals surface area contributed by atoms with Crippen molar-refractivity contribution in [3.8, 4) is 22.8 Å². The fourth-order valence-electron chi connectivity index (χ4n) is 6.08. The number of benzene rings is 1. The van der Waals surface area contributed by atoms with E-state index in [0.29, 0.717) is 61.0 Å². The molecule has 1 saturated carbocycles. The van der Waals surface area contributed by atoms with Crippen molar-refractivity contribution in [2.45, 2.75) is 70.7 Å². The first-order valence-corrected chi connectivity index (χ1v) is 16.8. The fraction of sp³-hybridized carbons (Fsp3) is 0.562. The maximum atomic E-state index is 6.45. The molecule has 2 aliphatic rings. The van der Waals surface area contributed by atoms with E-state index in [-0.39, 0.29) is 6.10 Å². The van der Waals surface area contributed by atoms with Gasteiger partial charge >= 0.3 is 0 Å². The van der Waals surface area contributed by atoms with Gasteiger partial charge in [-0.25, -0.2) is 14.6 Å². The van der Waals surface area contributed by atoms with Crippen LogP contribution in [0.5, 0.6) is 11.6 Å². The molecule has 6 rings (SSSR count). The summed E-state index contributed by atoms with van der Waals surface area (Å²) in [5.74, 6) is 1.55. The Hall–Kier alpha value is -3.85. The molecule has 1 N–H and O–H groups in total. The molecule has 1 aromatic carbocycles. The zero-order valence-electron chi connectivity index (χ0n) is 27.0. The van der Waals surface area contributed by atoms with Gasteiger partial charge in [-0.3, -0.25) is 9.58 Å². The predicted molar refractivity (Wildman–Crippen MR) is 176 cm³/mol. The zero-order chi connectivity index (χ0) is 32.4. The standard InChI is InChI=1S/C32H43ClN10O4/c1-3-44-13-4-14-46-31-29(21-43(38-31)27-8-6-26(7-9-27)41-11-15-45-16-12-41)37-32-34-18-25(19-35-32)24-5-10-28(33)30(17-24)47-23(2)20-42-22-36-39-40-42/h5,10,17-19,21-23,26-27H,3-4,6-9,11-16,20H2,1-2H3,(H,34,35,37)/t23-,26?,27?/m0/s1. The van der Waals surface area contributed by atoms with E-state index in [2.05, 4.69) is 40.4 Å². The molecular formula is C32H43ClN10O4. The van der Waals surface area contributed by atoms with Crippen LogP contribution in [0, 0.1) is 0 Å². The third-order valence-corrected chi connectivity index (χ3v) is 8.82. The summed E-state index contributed by atoms with van der Waals surface area (Å²) < 4.78 is 26.9. The van der Waals surface area contributed by atoms with E-state index in [4.69, 9.17) is 35.6 Å². The van der Waals surface area contributed by atoms with E-state index in [1.54, 1.807) is 29.5 Å². The summed E-state index contributed by atoms with van der Waals surface area (Å²) in [4.78, 5) is 11.8. The summed E-state index contributed by atoms with van der Waals surface area (Å²) in [6.07, 6.45) is 12.1. The van der Waals surface area contributed by atoms with Crippen molar-refractivity contribution in [2.75, 3.05) is 51.4 Å². The normalized spacial score (nSPS) is 19.4. The van der Waals surface area contributed by atoms with Crippen LogP contribution in [-0.4, -0.2) is 103 Å². The number of nitrogens with one attached hydrogen (secondary N) is 1. The molecule has 1 atom stereocenters. The average Bonchev–Trinajstić information content (AvgIpc) is 3.76. The highest BCUT2D eigenvalue weighted by Gasteiger charge is 2.29. The third kappa shape index (κ3) is 8.95. The minimum absolute atomic E-state index is 0.203. The van der Waals surface area contributed by atoms with Crippen LogP contribution in [0.1, 0.15) is 52.0 Å². The van der Waals surface area contributed by atoms with Crippen molar-refractivity contribution in [3.63, 3.8) is 0 Å². The lowest BCUT2D eigenvalue weighted by molar-refractivity contribution is 0.00502. The van der Waals surface area contributed by atoms with Crippen molar-refractivity contribution in [2.24, 2.45) is 0 Å². The monoisotopic (exact) mass is 666 g/mol. The second-order valence-electron chi connectivity index (χ2n) is 11.9. The van der Waals surface area contributed by atoms with Crippen LogP contribution in [0.2, 0.25) is 5.02 Å². The van der Waals surface area contributed by atoms with Gasteiger partial charge in [0.2, 0.25) is 5.95 Å². The Labute approximate surface area is 279 Å². The molecule has 0 unspecified atom stereocenters. The number of tetrazole rings is 1. The maximum Gasteiger partial charge on any atom is 0.256 e. The SMILES string of the molecule is CCOCCCOc1nn(C2CCC(N3CCOCC3)CC2)cc1Nc1ncc(-c2ccc(Cl)c(O[C@@H](C)Cn3cnnn3)c2)cn1. The van der Waals surface area contributed by atoms with Crippen molar-refractivity contribution < 1.29 is 18.9 Å². The van der Waals surface area contributed by atoms with Crippen molar-refractivity contribution in [1.82, 2.24) is 44.9 Å². The summed E-state index contributed by atoms with van der Waals surface area (Å²) in [5.41, 5.74) is 2.44. The summed E-state index contributed by atoms with van der Waals surface area (Å²) in [7, 11) is 0. The Balaban J connectivity index is 1.11. The molecule has 15 heteroatoms. The van der Waals surface area contributed by atoms with Gasteiger partial charge in [0.05, 0.1) is 43.6 Å². The highest BCUT2D eigenvalue weighted by atomic mass is 35.5. The second-order valence-corrected chi connectivity index (χ2v) is 12.3. The zero-order valence-corrected chi connectivity index (χ0v) is 27.8. The molecule has 252 valence electrons. The van der Waals surface area contributed by atoms with Gasteiger partial charge in [-0.2, -0.15) is 0 Å². The van der Waals surface area contributed by atoms with Gasteiger partial charge in [0, 0.05) is 56.7 Å².